The van der Waals surface area contributed by atoms with Gasteiger partial charge >= 0.3 is 0 Å². The first-order valence-electron chi connectivity index (χ1n) is 3.53. The van der Waals surface area contributed by atoms with E-state index in [2.05, 4.69) is 10.3 Å². The van der Waals surface area contributed by atoms with Crippen LogP contribution in [0.1, 0.15) is 19.0 Å². The van der Waals surface area contributed by atoms with Gasteiger partial charge < -0.3 is 4.79 Å². The van der Waals surface area contributed by atoms with E-state index in [1.54, 1.807) is 17.8 Å². The molecule has 1 rings (SSSR count). The highest BCUT2D eigenvalue weighted by atomic mass is 16.1. The maximum Gasteiger partial charge on any atom is 0.130 e. The second kappa shape index (κ2) is 3.27. The maximum absolute atomic E-state index is 10.6. The molecular formula is C7H11N3O. The highest BCUT2D eigenvalue weighted by Gasteiger charge is 2.00. The lowest BCUT2D eigenvalue weighted by atomic mass is 10.2. The molecule has 0 saturated carbocycles. The van der Waals surface area contributed by atoms with Crippen molar-refractivity contribution in [1.29, 1.82) is 0 Å². The molecule has 0 aromatic carbocycles. The van der Waals surface area contributed by atoms with E-state index in [0.717, 1.165) is 12.1 Å². The summed E-state index contributed by atoms with van der Waals surface area (Å²) >= 11 is 0. The molecule has 0 aliphatic carbocycles. The Morgan fingerprint density at radius 1 is 1.73 bits per heavy atom. The largest absolute Gasteiger partial charge is 0.300 e. The number of rotatable bonds is 3. The molecule has 1 heterocycles. The van der Waals surface area contributed by atoms with Gasteiger partial charge in [0.25, 0.3) is 0 Å². The molecule has 0 aliphatic rings. The van der Waals surface area contributed by atoms with Gasteiger partial charge in [0.1, 0.15) is 5.78 Å². The van der Waals surface area contributed by atoms with Crippen LogP contribution in [0.2, 0.25) is 0 Å². The van der Waals surface area contributed by atoms with E-state index in [1.165, 1.54) is 0 Å². The predicted octanol–water partition coefficient (Wildman–Crippen LogP) is 0.337. The van der Waals surface area contributed by atoms with Gasteiger partial charge in [-0.25, -0.2) is 0 Å². The second-order valence-corrected chi connectivity index (χ2v) is 2.55. The molecule has 0 amide bonds. The number of aryl methyl sites for hydroxylation is 2. The fourth-order valence-corrected chi connectivity index (χ4v) is 0.841. The lowest BCUT2D eigenvalue weighted by Gasteiger charge is -1.96. The number of hydrogen-bond acceptors (Lipinski definition) is 3. The van der Waals surface area contributed by atoms with Crippen LogP contribution in [0.5, 0.6) is 0 Å². The van der Waals surface area contributed by atoms with Crippen LogP contribution in [-0.2, 0) is 18.3 Å². The Bertz CT molecular complexity index is 254. The molecule has 4 heteroatoms. The fraction of sp³-hybridized carbons (Fsp3) is 0.571. The van der Waals surface area contributed by atoms with Crippen molar-refractivity contribution in [3.63, 3.8) is 0 Å². The summed E-state index contributed by atoms with van der Waals surface area (Å²) in [6.07, 6.45) is 2.99. The third kappa shape index (κ3) is 2.14. The molecule has 0 bridgehead atoms. The summed E-state index contributed by atoms with van der Waals surface area (Å²) in [5, 5.41) is 7.45. The minimum Gasteiger partial charge on any atom is -0.300 e. The third-order valence-corrected chi connectivity index (χ3v) is 1.54. The first-order valence-corrected chi connectivity index (χ1v) is 3.53. The number of aromatic nitrogens is 3. The van der Waals surface area contributed by atoms with Gasteiger partial charge in [0, 0.05) is 13.5 Å². The summed E-state index contributed by atoms with van der Waals surface area (Å²) in [5.41, 5.74) is 1.00. The molecule has 4 nitrogen and oxygen atoms in total. The second-order valence-electron chi connectivity index (χ2n) is 2.55. The molecule has 0 unspecified atom stereocenters. The SMILES string of the molecule is CC(=O)CCc1cnnn1C. The molecule has 1 aromatic heterocycles. The summed E-state index contributed by atoms with van der Waals surface area (Å²) in [6.45, 7) is 1.59. The average Bonchev–Trinajstić information content (AvgIpc) is 2.31. The van der Waals surface area contributed by atoms with Gasteiger partial charge in [-0.15, -0.1) is 5.10 Å². The lowest BCUT2D eigenvalue weighted by molar-refractivity contribution is -0.117. The van der Waals surface area contributed by atoms with Crippen LogP contribution in [0, 0.1) is 0 Å². The molecule has 0 atom stereocenters. The molecule has 0 saturated heterocycles. The molecule has 0 N–H and O–H groups in total. The Morgan fingerprint density at radius 3 is 2.91 bits per heavy atom. The number of carbonyl (C=O) groups excluding carboxylic acids is 1. The summed E-state index contributed by atoms with van der Waals surface area (Å²) in [6, 6.07) is 0. The van der Waals surface area contributed by atoms with Crippen LogP contribution in [0.15, 0.2) is 6.20 Å². The van der Waals surface area contributed by atoms with Crippen molar-refractivity contribution in [2.24, 2.45) is 7.05 Å². The highest BCUT2D eigenvalue weighted by Crippen LogP contribution is 1.98. The quantitative estimate of drug-likeness (QED) is 0.629. The van der Waals surface area contributed by atoms with Gasteiger partial charge in [0.05, 0.1) is 11.9 Å². The molecule has 60 valence electrons. The van der Waals surface area contributed by atoms with Crippen molar-refractivity contribution in [1.82, 2.24) is 15.0 Å². The van der Waals surface area contributed by atoms with Crippen LogP contribution in [-0.4, -0.2) is 20.8 Å². The molecule has 0 radical (unpaired) electrons. The van der Waals surface area contributed by atoms with E-state index in [4.69, 9.17) is 0 Å². The van der Waals surface area contributed by atoms with Crippen molar-refractivity contribution in [2.75, 3.05) is 0 Å². The Morgan fingerprint density at radius 2 is 2.45 bits per heavy atom. The average molecular weight is 153 g/mol. The zero-order valence-corrected chi connectivity index (χ0v) is 6.74. The molecule has 11 heavy (non-hydrogen) atoms. The van der Waals surface area contributed by atoms with Gasteiger partial charge in [-0.05, 0) is 13.3 Å². The predicted molar refractivity (Wildman–Crippen MR) is 40.0 cm³/mol. The smallest absolute Gasteiger partial charge is 0.130 e. The van der Waals surface area contributed by atoms with Crippen LogP contribution in [0.3, 0.4) is 0 Å². The van der Waals surface area contributed by atoms with Crippen molar-refractivity contribution in [3.05, 3.63) is 11.9 Å². The molecule has 1 aromatic rings. The first-order chi connectivity index (χ1) is 5.20. The number of Topliss-reactive ketones (excluding diaryl/α,β-unsaturated/α-hetero) is 1. The van der Waals surface area contributed by atoms with E-state index in [0.29, 0.717) is 6.42 Å². The standard InChI is InChI=1S/C7H11N3O/c1-6(11)3-4-7-5-8-9-10(7)2/h5H,3-4H2,1-2H3. The van der Waals surface area contributed by atoms with E-state index >= 15 is 0 Å². The summed E-state index contributed by atoms with van der Waals surface area (Å²) < 4.78 is 1.68. The maximum atomic E-state index is 10.6. The van der Waals surface area contributed by atoms with E-state index in [9.17, 15) is 4.79 Å². The Kier molecular flexibility index (Phi) is 2.36. The molecule has 0 aliphatic heterocycles. The van der Waals surface area contributed by atoms with Crippen LogP contribution < -0.4 is 0 Å². The number of ketones is 1. The number of nitrogens with zero attached hydrogens (tertiary/aromatic N) is 3. The van der Waals surface area contributed by atoms with Crippen LogP contribution >= 0.6 is 0 Å². The van der Waals surface area contributed by atoms with Gasteiger partial charge in [-0.3, -0.25) is 4.68 Å². The van der Waals surface area contributed by atoms with Crippen LogP contribution in [0.25, 0.3) is 0 Å². The summed E-state index contributed by atoms with van der Waals surface area (Å²) in [4.78, 5) is 10.6. The third-order valence-electron chi connectivity index (χ3n) is 1.54. The molecule has 0 fully saturated rings. The minimum absolute atomic E-state index is 0.200. The first kappa shape index (κ1) is 7.91. The van der Waals surface area contributed by atoms with Gasteiger partial charge in [-0.2, -0.15) is 0 Å². The minimum atomic E-state index is 0.200. The van der Waals surface area contributed by atoms with E-state index in [-0.39, 0.29) is 5.78 Å². The normalized spacial score (nSPS) is 10.0. The monoisotopic (exact) mass is 153 g/mol. The van der Waals surface area contributed by atoms with Crippen molar-refractivity contribution < 1.29 is 4.79 Å². The topological polar surface area (TPSA) is 47.8 Å². The summed E-state index contributed by atoms with van der Waals surface area (Å²) in [7, 11) is 1.82. The fourth-order valence-electron chi connectivity index (χ4n) is 0.841. The van der Waals surface area contributed by atoms with Gasteiger partial charge in [0.2, 0.25) is 0 Å². The Hall–Kier alpha value is -1.19. The Balaban J connectivity index is 2.51. The molecular weight excluding hydrogens is 142 g/mol. The molecule has 0 spiro atoms. The van der Waals surface area contributed by atoms with E-state index in [1.807, 2.05) is 7.05 Å². The Labute approximate surface area is 65.2 Å². The van der Waals surface area contributed by atoms with Crippen molar-refractivity contribution >= 4 is 5.78 Å². The zero-order valence-electron chi connectivity index (χ0n) is 6.74. The van der Waals surface area contributed by atoms with Crippen molar-refractivity contribution in [3.8, 4) is 0 Å². The van der Waals surface area contributed by atoms with Gasteiger partial charge in [-0.1, -0.05) is 5.21 Å². The van der Waals surface area contributed by atoms with Gasteiger partial charge in [0.15, 0.2) is 0 Å². The zero-order chi connectivity index (χ0) is 8.27. The van der Waals surface area contributed by atoms with Crippen LogP contribution in [0.4, 0.5) is 0 Å². The summed E-state index contributed by atoms with van der Waals surface area (Å²) in [5.74, 6) is 0.200. The lowest BCUT2D eigenvalue weighted by Crippen LogP contribution is -2.01. The number of carbonyl (C=O) groups is 1. The number of hydrogen-bond donors (Lipinski definition) is 0. The van der Waals surface area contributed by atoms with Crippen molar-refractivity contribution in [2.45, 2.75) is 19.8 Å². The van der Waals surface area contributed by atoms with E-state index < -0.39 is 0 Å². The highest BCUT2D eigenvalue weighted by molar-refractivity contribution is 5.75.